The third-order valence-electron chi connectivity index (χ3n) is 5.78. The summed E-state index contributed by atoms with van der Waals surface area (Å²) in [6.45, 7) is 8.72. The van der Waals surface area contributed by atoms with Crippen molar-refractivity contribution in [3.05, 3.63) is 58.4 Å². The molecule has 35 heavy (non-hydrogen) atoms. The number of benzene rings is 2. The Morgan fingerprint density at radius 2 is 1.86 bits per heavy atom. The number of hydrogen-bond donors (Lipinski definition) is 2. The monoisotopic (exact) mass is 525 g/mol. The summed E-state index contributed by atoms with van der Waals surface area (Å²) >= 11 is 6.40. The van der Waals surface area contributed by atoms with E-state index in [2.05, 4.69) is 25.3 Å². The molecule has 0 aliphatic heterocycles. The van der Waals surface area contributed by atoms with Gasteiger partial charge in [0, 0.05) is 18.2 Å². The number of aliphatic carboxylic acids is 1. The summed E-state index contributed by atoms with van der Waals surface area (Å²) < 4.78 is 31.6. The number of carboxylic acid groups (broad SMARTS) is 1. The lowest BCUT2D eigenvalue weighted by molar-refractivity contribution is -0.138. The lowest BCUT2D eigenvalue weighted by Crippen LogP contribution is -2.41. The molecule has 0 saturated heterocycles. The SMILES string of the molecule is CCCC[Si](C)(C)OC(CN[C@@H](C)c1cc(F)cc(Cl)c1COc1ccc(OC)cc1)CC(=O)O. The van der Waals surface area contributed by atoms with Crippen LogP contribution in [0.25, 0.3) is 0 Å². The smallest absolute Gasteiger partial charge is 0.305 e. The van der Waals surface area contributed by atoms with Gasteiger partial charge in [-0.05, 0) is 68.0 Å². The molecule has 2 N–H and O–H groups in total. The molecule has 2 aromatic rings. The summed E-state index contributed by atoms with van der Waals surface area (Å²) in [6.07, 6.45) is 1.55. The highest BCUT2D eigenvalue weighted by molar-refractivity contribution is 6.71. The van der Waals surface area contributed by atoms with Gasteiger partial charge in [-0.25, -0.2) is 4.39 Å². The highest BCUT2D eigenvalue weighted by Gasteiger charge is 2.28. The van der Waals surface area contributed by atoms with Crippen LogP contribution in [0.2, 0.25) is 24.2 Å². The maximum atomic E-state index is 14.3. The molecule has 0 aliphatic rings. The Labute approximate surface area is 213 Å². The number of ether oxygens (including phenoxy) is 2. The molecule has 0 saturated carbocycles. The molecule has 0 radical (unpaired) electrons. The van der Waals surface area contributed by atoms with E-state index in [1.165, 1.54) is 12.1 Å². The first-order chi connectivity index (χ1) is 16.5. The number of nitrogens with one attached hydrogen (secondary N) is 1. The summed E-state index contributed by atoms with van der Waals surface area (Å²) in [5, 5.41) is 13.0. The van der Waals surface area contributed by atoms with Gasteiger partial charge in [-0.1, -0.05) is 31.4 Å². The third kappa shape index (κ3) is 9.80. The zero-order valence-electron chi connectivity index (χ0n) is 21.2. The zero-order valence-corrected chi connectivity index (χ0v) is 23.0. The van der Waals surface area contributed by atoms with Gasteiger partial charge in [0.2, 0.25) is 0 Å². The molecular formula is C26H37ClFNO5Si. The van der Waals surface area contributed by atoms with E-state index < -0.39 is 26.2 Å². The van der Waals surface area contributed by atoms with Crippen LogP contribution in [0.15, 0.2) is 36.4 Å². The van der Waals surface area contributed by atoms with Gasteiger partial charge in [-0.2, -0.15) is 0 Å². The average Bonchev–Trinajstić information content (AvgIpc) is 2.79. The second-order valence-electron chi connectivity index (χ2n) is 9.25. The van der Waals surface area contributed by atoms with Crippen LogP contribution < -0.4 is 14.8 Å². The van der Waals surface area contributed by atoms with E-state index in [4.69, 9.17) is 25.5 Å². The van der Waals surface area contributed by atoms with E-state index >= 15 is 0 Å². The summed E-state index contributed by atoms with van der Waals surface area (Å²) in [5.41, 5.74) is 1.32. The second-order valence-corrected chi connectivity index (χ2v) is 13.9. The van der Waals surface area contributed by atoms with Crippen LogP contribution in [0.4, 0.5) is 4.39 Å². The van der Waals surface area contributed by atoms with Crippen LogP contribution >= 0.6 is 11.6 Å². The Morgan fingerprint density at radius 1 is 1.20 bits per heavy atom. The molecule has 0 aromatic heterocycles. The second kappa shape index (κ2) is 13.8. The van der Waals surface area contributed by atoms with Gasteiger partial charge in [0.15, 0.2) is 8.32 Å². The lowest BCUT2D eigenvalue weighted by atomic mass is 10.0. The molecule has 0 aliphatic carbocycles. The molecule has 0 amide bonds. The summed E-state index contributed by atoms with van der Waals surface area (Å²) in [7, 11) is -0.412. The third-order valence-corrected chi connectivity index (χ3v) is 8.64. The van der Waals surface area contributed by atoms with Crippen LogP contribution in [-0.4, -0.2) is 39.2 Å². The Balaban J connectivity index is 2.13. The molecular weight excluding hydrogens is 489 g/mol. The van der Waals surface area contributed by atoms with E-state index in [0.29, 0.717) is 23.4 Å². The van der Waals surface area contributed by atoms with Crippen LogP contribution in [0, 0.1) is 5.82 Å². The number of rotatable bonds is 15. The van der Waals surface area contributed by atoms with E-state index in [9.17, 15) is 14.3 Å². The molecule has 194 valence electrons. The molecule has 1 unspecified atom stereocenters. The van der Waals surface area contributed by atoms with Crippen LogP contribution in [-0.2, 0) is 15.8 Å². The van der Waals surface area contributed by atoms with Gasteiger partial charge >= 0.3 is 5.97 Å². The fourth-order valence-corrected chi connectivity index (χ4v) is 6.53. The minimum atomic E-state index is -2.00. The van der Waals surface area contributed by atoms with Crippen LogP contribution in [0.3, 0.4) is 0 Å². The lowest BCUT2D eigenvalue weighted by Gasteiger charge is -2.30. The Morgan fingerprint density at radius 3 is 2.46 bits per heavy atom. The topological polar surface area (TPSA) is 77.0 Å². The molecule has 2 aromatic carbocycles. The number of carbonyl (C=O) groups is 1. The highest BCUT2D eigenvalue weighted by Crippen LogP contribution is 2.29. The molecule has 2 rings (SSSR count). The molecule has 2 atom stereocenters. The van der Waals surface area contributed by atoms with Gasteiger partial charge in [0.1, 0.15) is 23.9 Å². The first-order valence-electron chi connectivity index (χ1n) is 11.9. The number of unbranched alkanes of at least 4 members (excludes halogenated alkanes) is 1. The van der Waals surface area contributed by atoms with Gasteiger partial charge < -0.3 is 24.3 Å². The van der Waals surface area contributed by atoms with E-state index in [0.717, 1.165) is 24.6 Å². The maximum Gasteiger partial charge on any atom is 0.305 e. The Hall–Kier alpha value is -2.13. The summed E-state index contributed by atoms with van der Waals surface area (Å²) in [6, 6.07) is 10.5. The minimum absolute atomic E-state index is 0.0976. The summed E-state index contributed by atoms with van der Waals surface area (Å²) in [5.74, 6) is -0.00731. The molecule has 9 heteroatoms. The predicted molar refractivity (Wildman–Crippen MR) is 139 cm³/mol. The van der Waals surface area contributed by atoms with Gasteiger partial charge in [0.25, 0.3) is 0 Å². The largest absolute Gasteiger partial charge is 0.497 e. The van der Waals surface area contributed by atoms with Crippen LogP contribution in [0.5, 0.6) is 11.5 Å². The van der Waals surface area contributed by atoms with Gasteiger partial charge in [-0.15, -0.1) is 0 Å². The first kappa shape index (κ1) is 29.1. The number of methoxy groups -OCH3 is 1. The number of hydrogen-bond acceptors (Lipinski definition) is 5. The van der Waals surface area contributed by atoms with Gasteiger partial charge in [0.05, 0.1) is 24.7 Å². The quantitative estimate of drug-likeness (QED) is 0.256. The Bertz CT molecular complexity index is 958. The highest BCUT2D eigenvalue weighted by atomic mass is 35.5. The van der Waals surface area contributed by atoms with Crippen LogP contribution in [0.1, 0.15) is 50.3 Å². The van der Waals surface area contributed by atoms with E-state index in [1.807, 2.05) is 6.92 Å². The van der Waals surface area contributed by atoms with Crippen molar-refractivity contribution in [1.29, 1.82) is 0 Å². The van der Waals surface area contributed by atoms with Crippen molar-refractivity contribution in [2.75, 3.05) is 13.7 Å². The normalized spacial score (nSPS) is 13.3. The van der Waals surface area contributed by atoms with Crippen molar-refractivity contribution in [1.82, 2.24) is 5.32 Å². The fraction of sp³-hybridized carbons (Fsp3) is 0.500. The molecule has 6 nitrogen and oxygen atoms in total. The van der Waals surface area contributed by atoms with Crippen molar-refractivity contribution in [2.45, 2.75) is 71.0 Å². The van der Waals surface area contributed by atoms with E-state index in [-0.39, 0.29) is 24.1 Å². The maximum absolute atomic E-state index is 14.3. The van der Waals surface area contributed by atoms with Crippen molar-refractivity contribution >= 4 is 25.9 Å². The minimum Gasteiger partial charge on any atom is -0.497 e. The Kier molecular flexibility index (Phi) is 11.5. The fourth-order valence-electron chi connectivity index (χ4n) is 3.87. The van der Waals surface area contributed by atoms with Crippen molar-refractivity contribution in [2.24, 2.45) is 0 Å². The van der Waals surface area contributed by atoms with Crippen molar-refractivity contribution in [3.8, 4) is 11.5 Å². The van der Waals surface area contributed by atoms with Crippen molar-refractivity contribution in [3.63, 3.8) is 0 Å². The average molecular weight is 526 g/mol. The van der Waals surface area contributed by atoms with Gasteiger partial charge in [-0.3, -0.25) is 4.79 Å². The predicted octanol–water partition coefficient (Wildman–Crippen LogP) is 6.58. The molecule has 0 heterocycles. The standard InChI is InChI=1S/C26H37ClFNO5Si/c1-6-7-12-35(4,5)34-22(15-26(30)31)16-29-18(2)23-13-19(28)14-25(27)24(23)17-33-21-10-8-20(32-3)9-11-21/h8-11,13-14,18,22,29H,6-7,12,15-17H2,1-5H3,(H,30,31)/t18-,22?/m0/s1. The van der Waals surface area contributed by atoms with E-state index in [1.54, 1.807) is 31.4 Å². The number of carboxylic acids is 1. The van der Waals surface area contributed by atoms with Crippen molar-refractivity contribution < 1.29 is 28.2 Å². The summed E-state index contributed by atoms with van der Waals surface area (Å²) in [4.78, 5) is 11.4. The molecule has 0 spiro atoms. The first-order valence-corrected chi connectivity index (χ1v) is 15.4. The molecule has 0 bridgehead atoms. The molecule has 0 fully saturated rings. The number of halogens is 2. The zero-order chi connectivity index (χ0) is 26.0.